The van der Waals surface area contributed by atoms with Gasteiger partial charge in [0, 0.05) is 22.2 Å². The summed E-state index contributed by atoms with van der Waals surface area (Å²) in [4.78, 5) is 27.5. The first kappa shape index (κ1) is 22.4. The average Bonchev–Trinajstić information content (AvgIpc) is 3.43. The molecular formula is C23H16ClN3O5S. The third kappa shape index (κ3) is 5.00. The van der Waals surface area contributed by atoms with Gasteiger partial charge in [0.15, 0.2) is 5.82 Å². The fourth-order valence-electron chi connectivity index (χ4n) is 3.10. The lowest BCUT2D eigenvalue weighted by molar-refractivity contribution is -0.131. The number of nitrogens with zero attached hydrogens (tertiary/aromatic N) is 2. The molecule has 33 heavy (non-hydrogen) atoms. The first-order valence-corrected chi connectivity index (χ1v) is 10.8. The van der Waals surface area contributed by atoms with Crippen LogP contribution in [0.3, 0.4) is 0 Å². The number of carboxylic acid groups (broad SMARTS) is 2. The maximum absolute atomic E-state index is 11.8. The molecule has 0 radical (unpaired) electrons. The molecule has 0 aliphatic carbocycles. The number of aromatic nitrogens is 3. The number of aromatic carboxylic acids is 1. The van der Waals surface area contributed by atoms with Gasteiger partial charge in [-0.25, -0.2) is 14.6 Å². The van der Waals surface area contributed by atoms with Crippen LogP contribution < -0.4 is 0 Å². The number of aromatic amines is 1. The zero-order chi connectivity index (χ0) is 23.5. The number of benzene rings is 2. The van der Waals surface area contributed by atoms with Crippen LogP contribution in [0.15, 0.2) is 69.1 Å². The molecule has 4 aromatic rings. The average molecular weight is 482 g/mol. The summed E-state index contributed by atoms with van der Waals surface area (Å²) >= 11 is 6.77. The quantitative estimate of drug-likeness (QED) is 0.229. The van der Waals surface area contributed by atoms with Crippen molar-refractivity contribution in [2.45, 2.75) is 12.1 Å². The minimum Gasteiger partial charge on any atom is -0.478 e. The molecule has 0 unspecified atom stereocenters. The number of halogens is 1. The van der Waals surface area contributed by atoms with Gasteiger partial charge < -0.3 is 14.6 Å². The minimum absolute atomic E-state index is 0.0476. The highest BCUT2D eigenvalue weighted by atomic mass is 35.5. The highest BCUT2D eigenvalue weighted by molar-refractivity contribution is 8.04. The Kier molecular flexibility index (Phi) is 6.34. The number of thioether (sulfide) groups is 1. The lowest BCUT2D eigenvalue weighted by atomic mass is 10.0. The second-order valence-electron chi connectivity index (χ2n) is 6.87. The van der Waals surface area contributed by atoms with E-state index in [0.29, 0.717) is 33.5 Å². The standard InChI is InChI=1S/C23H16ClN3O5S/c1-12-16(3-2-4-17(12)21(28)29)18-10-9-15(32-18)11-19(22(30)31)33-23-25-20(26-27-23)13-5-7-14(24)8-6-13/h2-11H,1H3,(H,28,29)(H,30,31)(H,25,26,27)/b19-11-. The zero-order valence-electron chi connectivity index (χ0n) is 17.1. The summed E-state index contributed by atoms with van der Waals surface area (Å²) in [7, 11) is 0. The van der Waals surface area contributed by atoms with Crippen LogP contribution in [-0.4, -0.2) is 37.3 Å². The fourth-order valence-corrected chi connectivity index (χ4v) is 3.91. The van der Waals surface area contributed by atoms with Gasteiger partial charge in [-0.3, -0.25) is 5.10 Å². The molecule has 0 amide bonds. The fraction of sp³-hybridized carbons (Fsp3) is 0.0435. The van der Waals surface area contributed by atoms with Crippen LogP contribution in [0.1, 0.15) is 21.7 Å². The Morgan fingerprint density at radius 1 is 1.09 bits per heavy atom. The van der Waals surface area contributed by atoms with E-state index in [1.165, 1.54) is 12.1 Å². The molecule has 2 aromatic carbocycles. The molecule has 2 aromatic heterocycles. The molecule has 0 spiro atoms. The Balaban J connectivity index is 1.58. The Morgan fingerprint density at radius 2 is 1.85 bits per heavy atom. The lowest BCUT2D eigenvalue weighted by Gasteiger charge is -2.06. The van der Waals surface area contributed by atoms with Crippen molar-refractivity contribution < 1.29 is 24.2 Å². The maximum atomic E-state index is 11.8. The van der Waals surface area contributed by atoms with Crippen LogP contribution in [0.4, 0.5) is 0 Å². The molecule has 0 aliphatic heterocycles. The molecule has 166 valence electrons. The Labute approximate surface area is 196 Å². The van der Waals surface area contributed by atoms with Crippen LogP contribution in [0.5, 0.6) is 0 Å². The minimum atomic E-state index is -1.17. The highest BCUT2D eigenvalue weighted by Gasteiger charge is 2.17. The van der Waals surface area contributed by atoms with Crippen molar-refractivity contribution in [1.29, 1.82) is 0 Å². The smallest absolute Gasteiger partial charge is 0.342 e. The van der Waals surface area contributed by atoms with Gasteiger partial charge in [0.1, 0.15) is 16.4 Å². The van der Waals surface area contributed by atoms with E-state index < -0.39 is 11.9 Å². The highest BCUT2D eigenvalue weighted by Crippen LogP contribution is 2.31. The van der Waals surface area contributed by atoms with Crippen molar-refractivity contribution in [2.75, 3.05) is 0 Å². The van der Waals surface area contributed by atoms with E-state index in [4.69, 9.17) is 16.0 Å². The number of rotatable bonds is 7. The number of aliphatic carboxylic acids is 1. The molecule has 2 heterocycles. The van der Waals surface area contributed by atoms with Gasteiger partial charge in [0.05, 0.1) is 5.56 Å². The summed E-state index contributed by atoms with van der Waals surface area (Å²) in [6, 6.07) is 15.1. The third-order valence-corrected chi connectivity index (χ3v) is 5.85. The zero-order valence-corrected chi connectivity index (χ0v) is 18.6. The van der Waals surface area contributed by atoms with Gasteiger partial charge in [-0.1, -0.05) is 23.7 Å². The SMILES string of the molecule is Cc1c(C(=O)O)cccc1-c1ccc(/C=C(\Sc2n[nH]c(-c3ccc(Cl)cc3)n2)C(=O)O)o1. The van der Waals surface area contributed by atoms with E-state index >= 15 is 0 Å². The van der Waals surface area contributed by atoms with E-state index in [-0.39, 0.29) is 15.6 Å². The largest absolute Gasteiger partial charge is 0.478 e. The van der Waals surface area contributed by atoms with Crippen LogP contribution in [0, 0.1) is 6.92 Å². The molecule has 3 N–H and O–H groups in total. The normalized spacial score (nSPS) is 11.5. The lowest BCUT2D eigenvalue weighted by Crippen LogP contribution is -2.00. The predicted octanol–water partition coefficient (Wildman–Crippen LogP) is 5.61. The molecule has 0 atom stereocenters. The van der Waals surface area contributed by atoms with Gasteiger partial charge in [0.2, 0.25) is 5.16 Å². The summed E-state index contributed by atoms with van der Waals surface area (Å²) in [5.74, 6) is -0.995. The van der Waals surface area contributed by atoms with E-state index in [2.05, 4.69) is 15.2 Å². The van der Waals surface area contributed by atoms with Crippen LogP contribution in [0.2, 0.25) is 5.02 Å². The topological polar surface area (TPSA) is 129 Å². The third-order valence-electron chi connectivity index (χ3n) is 4.72. The number of hydrogen-bond donors (Lipinski definition) is 3. The molecule has 0 fully saturated rings. The van der Waals surface area contributed by atoms with Crippen LogP contribution in [0.25, 0.3) is 28.8 Å². The summed E-state index contributed by atoms with van der Waals surface area (Å²) in [6.45, 7) is 1.69. The Bertz CT molecular complexity index is 1380. The number of carbonyl (C=O) groups is 2. The summed E-state index contributed by atoms with van der Waals surface area (Å²) in [6.07, 6.45) is 1.37. The van der Waals surface area contributed by atoms with Crippen molar-refractivity contribution in [2.24, 2.45) is 0 Å². The van der Waals surface area contributed by atoms with Crippen molar-refractivity contribution in [3.05, 3.63) is 81.4 Å². The van der Waals surface area contributed by atoms with Crippen molar-refractivity contribution >= 4 is 41.4 Å². The molecule has 10 heteroatoms. The Hall–Kier alpha value is -3.82. The molecule has 0 saturated heterocycles. The van der Waals surface area contributed by atoms with Crippen molar-refractivity contribution in [3.63, 3.8) is 0 Å². The van der Waals surface area contributed by atoms with E-state index in [0.717, 1.165) is 17.3 Å². The molecule has 0 saturated carbocycles. The molecule has 0 bridgehead atoms. The van der Waals surface area contributed by atoms with Crippen LogP contribution in [-0.2, 0) is 4.79 Å². The number of hydrogen-bond acceptors (Lipinski definition) is 6. The van der Waals surface area contributed by atoms with Gasteiger partial charge in [0.25, 0.3) is 0 Å². The number of nitrogens with one attached hydrogen (secondary N) is 1. The second-order valence-corrected chi connectivity index (χ2v) is 8.32. The molecule has 4 rings (SSSR count). The van der Waals surface area contributed by atoms with Crippen molar-refractivity contribution in [3.8, 4) is 22.7 Å². The van der Waals surface area contributed by atoms with Gasteiger partial charge in [-0.2, -0.15) is 0 Å². The summed E-state index contributed by atoms with van der Waals surface area (Å²) < 4.78 is 5.78. The van der Waals surface area contributed by atoms with E-state index in [1.54, 1.807) is 55.5 Å². The van der Waals surface area contributed by atoms with Crippen LogP contribution >= 0.6 is 23.4 Å². The van der Waals surface area contributed by atoms with E-state index in [1.807, 2.05) is 0 Å². The van der Waals surface area contributed by atoms with E-state index in [9.17, 15) is 19.8 Å². The van der Waals surface area contributed by atoms with Crippen molar-refractivity contribution in [1.82, 2.24) is 15.2 Å². The first-order valence-electron chi connectivity index (χ1n) is 9.56. The number of furan rings is 1. The molecule has 8 nitrogen and oxygen atoms in total. The summed E-state index contributed by atoms with van der Waals surface area (Å²) in [5.41, 5.74) is 2.09. The summed E-state index contributed by atoms with van der Waals surface area (Å²) in [5, 5.41) is 26.6. The Morgan fingerprint density at radius 3 is 2.55 bits per heavy atom. The maximum Gasteiger partial charge on any atom is 0.342 e. The number of carboxylic acids is 2. The molecule has 0 aliphatic rings. The molecular weight excluding hydrogens is 466 g/mol. The second kappa shape index (κ2) is 9.35. The number of H-pyrrole nitrogens is 1. The van der Waals surface area contributed by atoms with Gasteiger partial charge in [-0.15, -0.1) is 5.10 Å². The first-order chi connectivity index (χ1) is 15.8. The van der Waals surface area contributed by atoms with Gasteiger partial charge >= 0.3 is 11.9 Å². The predicted molar refractivity (Wildman–Crippen MR) is 124 cm³/mol. The monoisotopic (exact) mass is 481 g/mol. The van der Waals surface area contributed by atoms with Gasteiger partial charge in [-0.05, 0) is 66.7 Å².